The standard InChI is InChI=1S/C17H25ClN2O4S/c1-4-20(10-17(21)22)14-8-13(9-14)19-25(23,24)16-7-12(11(2)3)5-6-15(16)18/h5-7,11,13-14,19H,4,8-10H2,1-3H3,(H,21,22). The Kier molecular flexibility index (Phi) is 6.48. The Morgan fingerprint density at radius 3 is 2.56 bits per heavy atom. The summed E-state index contributed by atoms with van der Waals surface area (Å²) >= 11 is 6.10. The summed E-state index contributed by atoms with van der Waals surface area (Å²) in [5.74, 6) is -0.670. The molecule has 1 aromatic rings. The van der Waals surface area contributed by atoms with Gasteiger partial charge in [-0.3, -0.25) is 9.69 Å². The van der Waals surface area contributed by atoms with Crippen LogP contribution in [-0.2, 0) is 14.8 Å². The molecule has 0 saturated heterocycles. The first-order valence-corrected chi connectivity index (χ1v) is 10.3. The first-order chi connectivity index (χ1) is 11.6. The molecule has 8 heteroatoms. The molecular formula is C17H25ClN2O4S. The highest BCUT2D eigenvalue weighted by Crippen LogP contribution is 2.30. The zero-order valence-electron chi connectivity index (χ0n) is 14.7. The van der Waals surface area contributed by atoms with Crippen molar-refractivity contribution >= 4 is 27.6 Å². The average Bonchev–Trinajstić information content (AvgIpc) is 2.48. The molecule has 0 heterocycles. The predicted octanol–water partition coefficient (Wildman–Crippen LogP) is 2.68. The molecule has 0 radical (unpaired) electrons. The lowest BCUT2D eigenvalue weighted by Crippen LogP contribution is -2.54. The maximum atomic E-state index is 12.7. The summed E-state index contributed by atoms with van der Waals surface area (Å²) in [5.41, 5.74) is 0.912. The number of nitrogens with one attached hydrogen (secondary N) is 1. The number of hydrogen-bond acceptors (Lipinski definition) is 4. The van der Waals surface area contributed by atoms with Crippen molar-refractivity contribution in [3.05, 3.63) is 28.8 Å². The van der Waals surface area contributed by atoms with Crippen LogP contribution in [0, 0.1) is 0 Å². The zero-order chi connectivity index (χ0) is 18.8. The van der Waals surface area contributed by atoms with Gasteiger partial charge in [0.25, 0.3) is 0 Å². The third-order valence-corrected chi connectivity index (χ3v) is 6.61. The molecule has 6 nitrogen and oxygen atoms in total. The summed E-state index contributed by atoms with van der Waals surface area (Å²) in [5, 5.41) is 9.12. The highest BCUT2D eigenvalue weighted by Gasteiger charge is 2.36. The van der Waals surface area contributed by atoms with Gasteiger partial charge in [-0.1, -0.05) is 38.4 Å². The topological polar surface area (TPSA) is 86.7 Å². The summed E-state index contributed by atoms with van der Waals surface area (Å²) in [6, 6.07) is 4.95. The molecule has 0 aliphatic heterocycles. The van der Waals surface area contributed by atoms with Gasteiger partial charge in [-0.15, -0.1) is 0 Å². The largest absolute Gasteiger partial charge is 0.480 e. The van der Waals surface area contributed by atoms with Gasteiger partial charge in [-0.25, -0.2) is 13.1 Å². The van der Waals surface area contributed by atoms with Crippen LogP contribution in [0.5, 0.6) is 0 Å². The molecule has 140 valence electrons. The van der Waals surface area contributed by atoms with Crippen molar-refractivity contribution in [2.75, 3.05) is 13.1 Å². The minimum Gasteiger partial charge on any atom is -0.480 e. The van der Waals surface area contributed by atoms with Crippen LogP contribution >= 0.6 is 11.6 Å². The van der Waals surface area contributed by atoms with Crippen molar-refractivity contribution < 1.29 is 18.3 Å². The molecule has 0 atom stereocenters. The van der Waals surface area contributed by atoms with Gasteiger partial charge >= 0.3 is 5.97 Å². The Bertz CT molecular complexity index is 730. The van der Waals surface area contributed by atoms with Crippen molar-refractivity contribution in [2.45, 2.75) is 56.5 Å². The number of carbonyl (C=O) groups is 1. The molecule has 0 amide bonds. The minimum atomic E-state index is -3.70. The molecule has 25 heavy (non-hydrogen) atoms. The quantitative estimate of drug-likeness (QED) is 0.715. The van der Waals surface area contributed by atoms with Crippen molar-refractivity contribution in [3.8, 4) is 0 Å². The Morgan fingerprint density at radius 2 is 2.04 bits per heavy atom. The van der Waals surface area contributed by atoms with Gasteiger partial charge < -0.3 is 5.11 Å². The van der Waals surface area contributed by atoms with Crippen LogP contribution in [-0.4, -0.2) is 49.6 Å². The van der Waals surface area contributed by atoms with Gasteiger partial charge in [0.05, 0.1) is 11.6 Å². The SMILES string of the molecule is CCN(CC(=O)O)C1CC(NS(=O)(=O)c2cc(C(C)C)ccc2Cl)C1. The molecule has 2 N–H and O–H groups in total. The summed E-state index contributed by atoms with van der Waals surface area (Å²) in [4.78, 5) is 12.8. The van der Waals surface area contributed by atoms with E-state index in [0.29, 0.717) is 19.4 Å². The summed E-state index contributed by atoms with van der Waals surface area (Å²) in [7, 11) is -3.70. The zero-order valence-corrected chi connectivity index (χ0v) is 16.3. The number of likely N-dealkylation sites (N-methyl/N-ethyl adjacent to an activating group) is 1. The van der Waals surface area contributed by atoms with E-state index in [1.54, 1.807) is 12.1 Å². The van der Waals surface area contributed by atoms with Crippen LogP contribution < -0.4 is 4.72 Å². The highest BCUT2D eigenvalue weighted by atomic mass is 35.5. The van der Waals surface area contributed by atoms with Gasteiger partial charge in [0.1, 0.15) is 4.90 Å². The molecule has 2 rings (SSSR count). The lowest BCUT2D eigenvalue weighted by molar-refractivity contribution is -0.139. The van der Waals surface area contributed by atoms with E-state index in [1.807, 2.05) is 31.7 Å². The first kappa shape index (κ1) is 20.2. The molecule has 1 aromatic carbocycles. The predicted molar refractivity (Wildman–Crippen MR) is 97.6 cm³/mol. The molecular weight excluding hydrogens is 364 g/mol. The van der Waals surface area contributed by atoms with Crippen LogP contribution in [0.25, 0.3) is 0 Å². The minimum absolute atomic E-state index is 0.0249. The fourth-order valence-corrected chi connectivity index (χ4v) is 4.82. The van der Waals surface area contributed by atoms with E-state index in [4.69, 9.17) is 16.7 Å². The van der Waals surface area contributed by atoms with Crippen LogP contribution in [0.1, 0.15) is 45.1 Å². The molecule has 0 aromatic heterocycles. The van der Waals surface area contributed by atoms with Crippen LogP contribution in [0.4, 0.5) is 0 Å². The number of carboxylic acid groups (broad SMARTS) is 1. The molecule has 0 spiro atoms. The summed E-state index contributed by atoms with van der Waals surface area (Å²) < 4.78 is 28.0. The van der Waals surface area contributed by atoms with Gasteiger partial charge in [-0.05, 0) is 43.0 Å². The Balaban J connectivity index is 2.04. The van der Waals surface area contributed by atoms with Gasteiger partial charge in [0.15, 0.2) is 0 Å². The number of rotatable bonds is 8. The van der Waals surface area contributed by atoms with E-state index >= 15 is 0 Å². The lowest BCUT2D eigenvalue weighted by Gasteiger charge is -2.42. The maximum absolute atomic E-state index is 12.7. The van der Waals surface area contributed by atoms with Crippen molar-refractivity contribution in [1.29, 1.82) is 0 Å². The monoisotopic (exact) mass is 388 g/mol. The van der Waals surface area contributed by atoms with E-state index in [9.17, 15) is 13.2 Å². The van der Waals surface area contributed by atoms with E-state index in [-0.39, 0.29) is 34.5 Å². The van der Waals surface area contributed by atoms with Crippen LogP contribution in [0.3, 0.4) is 0 Å². The summed E-state index contributed by atoms with van der Waals surface area (Å²) in [6.45, 7) is 6.48. The summed E-state index contributed by atoms with van der Waals surface area (Å²) in [6.07, 6.45) is 1.20. The number of sulfonamides is 1. The van der Waals surface area contributed by atoms with Gasteiger partial charge in [0, 0.05) is 12.1 Å². The maximum Gasteiger partial charge on any atom is 0.317 e. The number of halogens is 1. The van der Waals surface area contributed by atoms with E-state index < -0.39 is 16.0 Å². The number of benzene rings is 1. The Morgan fingerprint density at radius 1 is 1.40 bits per heavy atom. The normalized spacial score (nSPS) is 20.7. The van der Waals surface area contributed by atoms with E-state index in [2.05, 4.69) is 4.72 Å². The molecule has 1 aliphatic rings. The molecule has 1 fully saturated rings. The Labute approximate surface area is 154 Å². The molecule has 1 aliphatic carbocycles. The van der Waals surface area contributed by atoms with E-state index in [1.165, 1.54) is 0 Å². The Hall–Kier alpha value is -1.15. The average molecular weight is 389 g/mol. The van der Waals surface area contributed by atoms with Crippen molar-refractivity contribution in [1.82, 2.24) is 9.62 Å². The molecule has 0 unspecified atom stereocenters. The van der Waals surface area contributed by atoms with Gasteiger partial charge in [0.2, 0.25) is 10.0 Å². The van der Waals surface area contributed by atoms with E-state index in [0.717, 1.165) is 5.56 Å². The lowest BCUT2D eigenvalue weighted by atomic mass is 9.86. The number of aliphatic carboxylic acids is 1. The highest BCUT2D eigenvalue weighted by molar-refractivity contribution is 7.89. The van der Waals surface area contributed by atoms with Crippen LogP contribution in [0.15, 0.2) is 23.1 Å². The first-order valence-electron chi connectivity index (χ1n) is 8.41. The molecule has 1 saturated carbocycles. The smallest absolute Gasteiger partial charge is 0.317 e. The van der Waals surface area contributed by atoms with Crippen LogP contribution in [0.2, 0.25) is 5.02 Å². The van der Waals surface area contributed by atoms with Crippen molar-refractivity contribution in [3.63, 3.8) is 0 Å². The molecule has 0 bridgehead atoms. The number of hydrogen-bond donors (Lipinski definition) is 2. The number of nitrogens with zero attached hydrogens (tertiary/aromatic N) is 1. The second kappa shape index (κ2) is 8.03. The fraction of sp³-hybridized carbons (Fsp3) is 0.588. The number of carboxylic acids is 1. The van der Waals surface area contributed by atoms with Gasteiger partial charge in [-0.2, -0.15) is 0 Å². The third-order valence-electron chi connectivity index (χ3n) is 4.61. The second-order valence-corrected chi connectivity index (χ2v) is 8.83. The third kappa shape index (κ3) is 4.94. The van der Waals surface area contributed by atoms with Crippen molar-refractivity contribution in [2.24, 2.45) is 0 Å². The fourth-order valence-electron chi connectivity index (χ4n) is 3.02. The second-order valence-electron chi connectivity index (χ2n) is 6.74.